The number of piperidine rings is 1. The number of methoxy groups -OCH3 is 1. The zero-order chi connectivity index (χ0) is 20.3. The van der Waals surface area contributed by atoms with Crippen LogP contribution in [0.5, 0.6) is 11.5 Å². The van der Waals surface area contributed by atoms with Crippen LogP contribution in [0.2, 0.25) is 0 Å². The molecule has 1 aliphatic heterocycles. The molecule has 1 aromatic heterocycles. The van der Waals surface area contributed by atoms with Gasteiger partial charge in [0.2, 0.25) is 0 Å². The van der Waals surface area contributed by atoms with Crippen molar-refractivity contribution in [3.05, 3.63) is 41.7 Å². The highest BCUT2D eigenvalue weighted by molar-refractivity contribution is 5.98. The van der Waals surface area contributed by atoms with Gasteiger partial charge in [0.1, 0.15) is 0 Å². The summed E-state index contributed by atoms with van der Waals surface area (Å²) < 4.78 is 36.7. The first-order chi connectivity index (χ1) is 13.4. The molecule has 150 valence electrons. The van der Waals surface area contributed by atoms with E-state index in [2.05, 4.69) is 9.84 Å². The summed E-state index contributed by atoms with van der Waals surface area (Å²) in [6.07, 6.45) is 3.86. The van der Waals surface area contributed by atoms with Crippen LogP contribution in [0, 0.1) is 0 Å². The molecule has 2 aromatic rings. The van der Waals surface area contributed by atoms with E-state index >= 15 is 0 Å². The molecule has 0 radical (unpaired) electrons. The van der Waals surface area contributed by atoms with Crippen LogP contribution < -0.4 is 9.47 Å². The Bertz CT molecular complexity index is 863. The van der Waals surface area contributed by atoms with Gasteiger partial charge in [-0.1, -0.05) is 6.07 Å². The number of carboxylic acids is 1. The molecule has 0 spiro atoms. The molecule has 0 aliphatic carbocycles. The van der Waals surface area contributed by atoms with Gasteiger partial charge >= 0.3 is 12.6 Å². The number of alkyl halides is 2. The smallest absolute Gasteiger partial charge is 0.387 e. The third-order valence-electron chi connectivity index (χ3n) is 4.61. The van der Waals surface area contributed by atoms with E-state index in [4.69, 9.17) is 9.84 Å². The molecule has 1 aliphatic rings. The number of hydrogen-bond acceptors (Lipinski definition) is 5. The van der Waals surface area contributed by atoms with Gasteiger partial charge in [0.15, 0.2) is 11.5 Å². The van der Waals surface area contributed by atoms with Crippen molar-refractivity contribution in [1.82, 2.24) is 14.7 Å². The molecule has 0 saturated carbocycles. The molecule has 10 heteroatoms. The minimum Gasteiger partial charge on any atom is -0.493 e. The number of ether oxygens (including phenoxy) is 2. The molecule has 1 saturated heterocycles. The maximum Gasteiger partial charge on any atom is 0.387 e. The van der Waals surface area contributed by atoms with E-state index in [0.29, 0.717) is 25.9 Å². The monoisotopic (exact) mass is 395 g/mol. The molecule has 1 aromatic carbocycles. The normalized spacial score (nSPS) is 14.9. The minimum atomic E-state index is -3.09. The summed E-state index contributed by atoms with van der Waals surface area (Å²) in [5.41, 5.74) is 0.106. The molecule has 1 amide bonds. The number of nitrogens with zero attached hydrogens (tertiary/aromatic N) is 3. The lowest BCUT2D eigenvalue weighted by molar-refractivity contribution is -0.0516. The number of amides is 1. The number of aromatic carboxylic acids is 1. The summed E-state index contributed by atoms with van der Waals surface area (Å²) in [6, 6.07) is 4.35. The average Bonchev–Trinajstić information content (AvgIpc) is 3.18. The number of hydrogen-bond donors (Lipinski definition) is 1. The Kier molecular flexibility index (Phi) is 5.76. The van der Waals surface area contributed by atoms with Gasteiger partial charge in [0, 0.05) is 19.3 Å². The lowest BCUT2D eigenvalue weighted by Crippen LogP contribution is -2.39. The molecule has 8 nitrogen and oxygen atoms in total. The third kappa shape index (κ3) is 4.05. The van der Waals surface area contributed by atoms with Crippen LogP contribution in [0.4, 0.5) is 8.78 Å². The van der Waals surface area contributed by atoms with E-state index in [1.807, 2.05) is 0 Å². The second kappa shape index (κ2) is 8.24. The van der Waals surface area contributed by atoms with Crippen LogP contribution in [0.3, 0.4) is 0 Å². The molecule has 0 bridgehead atoms. The molecular formula is C18H19F2N3O5. The number of carbonyl (C=O) groups is 2. The zero-order valence-electron chi connectivity index (χ0n) is 15.0. The van der Waals surface area contributed by atoms with Crippen molar-refractivity contribution in [2.24, 2.45) is 0 Å². The fraction of sp³-hybridized carbons (Fsp3) is 0.389. The van der Waals surface area contributed by atoms with E-state index < -0.39 is 18.5 Å². The van der Waals surface area contributed by atoms with E-state index in [1.54, 1.807) is 9.58 Å². The Morgan fingerprint density at radius 3 is 2.57 bits per heavy atom. The number of carbonyl (C=O) groups excluding carboxylic acids is 1. The summed E-state index contributed by atoms with van der Waals surface area (Å²) in [4.78, 5) is 25.4. The highest BCUT2D eigenvalue weighted by Crippen LogP contribution is 2.34. The Labute approximate surface area is 159 Å². The molecular weight excluding hydrogens is 376 g/mol. The van der Waals surface area contributed by atoms with Crippen LogP contribution in [0.25, 0.3) is 0 Å². The van der Waals surface area contributed by atoms with Gasteiger partial charge in [-0.05, 0) is 25.0 Å². The van der Waals surface area contributed by atoms with Crippen LogP contribution in [-0.2, 0) is 0 Å². The molecule has 1 N–H and O–H groups in total. The van der Waals surface area contributed by atoms with Crippen molar-refractivity contribution in [1.29, 1.82) is 0 Å². The average molecular weight is 395 g/mol. The first-order valence-corrected chi connectivity index (χ1v) is 8.59. The maximum absolute atomic E-state index is 12.9. The van der Waals surface area contributed by atoms with Gasteiger partial charge in [0.25, 0.3) is 5.91 Å². The quantitative estimate of drug-likeness (QED) is 0.808. The summed E-state index contributed by atoms with van der Waals surface area (Å²) in [5, 5.41) is 13.1. The summed E-state index contributed by atoms with van der Waals surface area (Å²) >= 11 is 0. The molecule has 2 heterocycles. The van der Waals surface area contributed by atoms with Crippen molar-refractivity contribution in [3.8, 4) is 11.5 Å². The van der Waals surface area contributed by atoms with E-state index in [1.165, 1.54) is 37.7 Å². The van der Waals surface area contributed by atoms with Gasteiger partial charge in [0.05, 0.1) is 30.5 Å². The summed E-state index contributed by atoms with van der Waals surface area (Å²) in [5.74, 6) is -1.72. The van der Waals surface area contributed by atoms with Gasteiger partial charge < -0.3 is 19.5 Å². The van der Waals surface area contributed by atoms with Gasteiger partial charge in [-0.3, -0.25) is 9.48 Å². The third-order valence-corrected chi connectivity index (χ3v) is 4.61. The second-order valence-corrected chi connectivity index (χ2v) is 6.25. The van der Waals surface area contributed by atoms with Crippen molar-refractivity contribution >= 4 is 11.9 Å². The molecule has 28 heavy (non-hydrogen) atoms. The summed E-state index contributed by atoms with van der Waals surface area (Å²) in [6.45, 7) is -2.34. The Balaban J connectivity index is 1.72. The lowest BCUT2D eigenvalue weighted by atomic mass is 10.0. The lowest BCUT2D eigenvalue weighted by Gasteiger charge is -2.32. The number of carboxylic acid groups (broad SMARTS) is 1. The zero-order valence-corrected chi connectivity index (χ0v) is 15.0. The number of halogens is 2. The molecule has 0 unspecified atom stereocenters. The van der Waals surface area contributed by atoms with Crippen LogP contribution in [0.1, 0.15) is 39.6 Å². The summed E-state index contributed by atoms with van der Waals surface area (Å²) in [7, 11) is 1.31. The Hall–Kier alpha value is -3.17. The maximum atomic E-state index is 12.9. The van der Waals surface area contributed by atoms with Crippen molar-refractivity contribution < 1.29 is 33.0 Å². The highest BCUT2D eigenvalue weighted by Gasteiger charge is 2.28. The number of para-hydroxylation sites is 1. The van der Waals surface area contributed by atoms with Crippen LogP contribution in [-0.4, -0.2) is 58.5 Å². The molecule has 3 rings (SSSR count). The SMILES string of the molecule is COc1cccc(C(=O)N2CCC(n3cc(C(=O)O)cn3)CC2)c1OC(F)F. The van der Waals surface area contributed by atoms with Crippen molar-refractivity contribution in [2.75, 3.05) is 20.2 Å². The first kappa shape index (κ1) is 19.6. The van der Waals surface area contributed by atoms with E-state index in [-0.39, 0.29) is 28.7 Å². The largest absolute Gasteiger partial charge is 0.493 e. The van der Waals surface area contributed by atoms with E-state index in [9.17, 15) is 18.4 Å². The van der Waals surface area contributed by atoms with E-state index in [0.717, 1.165) is 0 Å². The fourth-order valence-corrected chi connectivity index (χ4v) is 3.21. The number of aromatic nitrogens is 2. The topological polar surface area (TPSA) is 93.9 Å². The standard InChI is InChI=1S/C18H19F2N3O5/c1-27-14-4-2-3-13(15(14)28-18(19)20)16(24)22-7-5-12(6-8-22)23-10-11(9-21-23)17(25)26/h2-4,9-10,12,18H,5-8H2,1H3,(H,25,26). The molecule has 1 fully saturated rings. The highest BCUT2D eigenvalue weighted by atomic mass is 19.3. The van der Waals surface area contributed by atoms with Gasteiger partial charge in [-0.2, -0.15) is 13.9 Å². The predicted molar refractivity (Wildman–Crippen MR) is 93.0 cm³/mol. The van der Waals surface area contributed by atoms with Gasteiger partial charge in [-0.15, -0.1) is 0 Å². The van der Waals surface area contributed by atoms with Crippen molar-refractivity contribution in [3.63, 3.8) is 0 Å². The Morgan fingerprint density at radius 1 is 1.29 bits per heavy atom. The van der Waals surface area contributed by atoms with Crippen LogP contribution >= 0.6 is 0 Å². The fourth-order valence-electron chi connectivity index (χ4n) is 3.21. The minimum absolute atomic E-state index is 0.00496. The molecule has 0 atom stereocenters. The second-order valence-electron chi connectivity index (χ2n) is 6.25. The van der Waals surface area contributed by atoms with Crippen molar-refractivity contribution in [2.45, 2.75) is 25.5 Å². The predicted octanol–water partition coefficient (Wildman–Crippen LogP) is 2.67. The van der Waals surface area contributed by atoms with Crippen LogP contribution in [0.15, 0.2) is 30.6 Å². The Morgan fingerprint density at radius 2 is 2.00 bits per heavy atom. The number of rotatable bonds is 6. The number of likely N-dealkylation sites (tertiary alicyclic amines) is 1. The van der Waals surface area contributed by atoms with Gasteiger partial charge in [-0.25, -0.2) is 4.79 Å². The number of benzene rings is 1. The first-order valence-electron chi connectivity index (χ1n) is 8.59.